The fourth-order valence-electron chi connectivity index (χ4n) is 5.81. The minimum absolute atomic E-state index is 0. The van der Waals surface area contributed by atoms with Gasteiger partial charge in [0.2, 0.25) is 0 Å². The fourth-order valence-corrected chi connectivity index (χ4v) is 5.81. The first kappa shape index (κ1) is 51.4. The van der Waals surface area contributed by atoms with Crippen molar-refractivity contribution in [3.8, 4) is 22.5 Å². The molecule has 2 N–H and O–H groups in total. The predicted octanol–water partition coefficient (Wildman–Crippen LogP) is 12.5. The topological polar surface area (TPSA) is 100 Å². The molecule has 2 heterocycles. The molecule has 2 aromatic heterocycles. The summed E-state index contributed by atoms with van der Waals surface area (Å²) in [6.45, 7) is 21.0. The quantitative estimate of drug-likeness (QED) is 0.0979. The second-order valence-electron chi connectivity index (χ2n) is 14.9. The van der Waals surface area contributed by atoms with E-state index in [-0.39, 0.29) is 68.7 Å². The molecule has 0 amide bonds. The Morgan fingerprint density at radius 2 is 1.21 bits per heavy atom. The van der Waals surface area contributed by atoms with Gasteiger partial charge in [0.25, 0.3) is 0 Å². The van der Waals surface area contributed by atoms with Crippen LogP contribution in [0.2, 0.25) is 0 Å². The van der Waals surface area contributed by atoms with Crippen LogP contribution in [0, 0.1) is 26.0 Å². The number of carbonyl (C=O) groups is 2. The average molecular weight is 1130 g/mol. The van der Waals surface area contributed by atoms with Gasteiger partial charge in [-0.25, -0.2) is 0 Å². The molecule has 0 unspecified atom stereocenters. The molecule has 58 heavy (non-hydrogen) atoms. The van der Waals surface area contributed by atoms with E-state index < -0.39 is 0 Å². The third-order valence-electron chi connectivity index (χ3n) is 8.54. The summed E-state index contributed by atoms with van der Waals surface area (Å²) in [5.74, 6) is -0.125. The predicted molar refractivity (Wildman–Crippen MR) is 233 cm³/mol. The third-order valence-corrected chi connectivity index (χ3v) is 8.54. The Balaban J connectivity index is 0.000000429. The van der Waals surface area contributed by atoms with E-state index in [1.54, 1.807) is 0 Å². The Bertz CT molecular complexity index is 2300. The van der Waals surface area contributed by atoms with E-state index in [0.29, 0.717) is 0 Å². The van der Waals surface area contributed by atoms with Crippen LogP contribution in [0.25, 0.3) is 44.3 Å². The number of benzene rings is 4. The van der Waals surface area contributed by atoms with Crippen LogP contribution in [0.4, 0.5) is 0 Å². The minimum atomic E-state index is -0.125. The van der Waals surface area contributed by atoms with Crippen LogP contribution < -0.4 is 0 Å². The van der Waals surface area contributed by atoms with Crippen molar-refractivity contribution in [1.82, 2.24) is 9.97 Å². The number of aliphatic hydroxyl groups excluding tert-OH is 2. The first-order valence-corrected chi connectivity index (χ1v) is 19.0. The number of nitrogens with zero attached hydrogens (tertiary/aromatic N) is 2. The Kier molecular flexibility index (Phi) is 21.6. The van der Waals surface area contributed by atoms with Gasteiger partial charge in [0.15, 0.2) is 11.6 Å². The van der Waals surface area contributed by atoms with Crippen LogP contribution in [0.15, 0.2) is 115 Å². The molecule has 310 valence electrons. The van der Waals surface area contributed by atoms with Gasteiger partial charge < -0.3 is 10.2 Å². The molecular weight excluding hydrogens is 1080 g/mol. The maximum atomic E-state index is 10.0. The number of fused-ring (bicyclic) bond motifs is 2. The summed E-state index contributed by atoms with van der Waals surface area (Å²) in [5, 5.41) is 19.1. The number of hydrogen-bond acceptors (Lipinski definition) is 6. The first-order valence-electron chi connectivity index (χ1n) is 19.0. The van der Waals surface area contributed by atoms with E-state index in [1.165, 1.54) is 72.9 Å². The molecule has 4 aromatic carbocycles. The van der Waals surface area contributed by atoms with Crippen molar-refractivity contribution in [2.45, 2.75) is 94.4 Å². The van der Waals surface area contributed by atoms with Crippen molar-refractivity contribution in [2.24, 2.45) is 0 Å². The SMILES string of the molecule is CC(=O)C=C(C)O.CC(=O)C=C(C)O.CCc1[c-]c(-c2ccc3ccccc3n2)cc(CC)c1.Cc1[c-]c(-c2cc(C)c3ccccc3n2)cc(C(C)(C)C)c1.[Ir].[Ir]. The van der Waals surface area contributed by atoms with Crippen molar-refractivity contribution in [3.63, 3.8) is 0 Å². The molecule has 6 nitrogen and oxygen atoms in total. The van der Waals surface area contributed by atoms with Gasteiger partial charge in [-0.1, -0.05) is 96.1 Å². The van der Waals surface area contributed by atoms with Gasteiger partial charge >= 0.3 is 0 Å². The molecule has 0 spiro atoms. The minimum Gasteiger partial charge on any atom is -0.512 e. The monoisotopic (exact) mass is 1130 g/mol. The first-order chi connectivity index (χ1) is 26.4. The molecule has 0 bridgehead atoms. The average Bonchev–Trinajstić information content (AvgIpc) is 3.13. The number of aliphatic hydroxyl groups is 2. The molecule has 6 aromatic rings. The number of carbonyl (C=O) groups excluding carboxylic acids is 2. The molecule has 0 aliphatic heterocycles. The second-order valence-corrected chi connectivity index (χ2v) is 14.9. The molecule has 0 aliphatic carbocycles. The van der Waals surface area contributed by atoms with Gasteiger partial charge in [-0.3, -0.25) is 19.6 Å². The van der Waals surface area contributed by atoms with E-state index in [2.05, 4.69) is 133 Å². The smallest absolute Gasteiger partial charge is 0.155 e. The number of aromatic nitrogens is 2. The summed E-state index contributed by atoms with van der Waals surface area (Å²) in [6, 6.07) is 38.8. The number of pyridine rings is 2. The molecule has 2 radical (unpaired) electrons. The molecule has 6 rings (SSSR count). The Morgan fingerprint density at radius 1 is 0.655 bits per heavy atom. The fraction of sp³-hybridized carbons (Fsp3) is 0.280. The molecule has 8 heteroatoms. The maximum absolute atomic E-state index is 10.0. The summed E-state index contributed by atoms with van der Waals surface area (Å²) in [6.07, 6.45) is 4.39. The Labute approximate surface area is 372 Å². The van der Waals surface area contributed by atoms with E-state index >= 15 is 0 Å². The molecule has 0 saturated heterocycles. The van der Waals surface area contributed by atoms with Crippen LogP contribution in [0.1, 0.15) is 90.1 Å². The van der Waals surface area contributed by atoms with Crippen molar-refractivity contribution < 1.29 is 60.0 Å². The summed E-state index contributed by atoms with van der Waals surface area (Å²) in [7, 11) is 0. The Morgan fingerprint density at radius 3 is 1.74 bits per heavy atom. The largest absolute Gasteiger partial charge is 0.512 e. The van der Waals surface area contributed by atoms with Crippen LogP contribution in [-0.2, 0) is 68.1 Å². The third kappa shape index (κ3) is 16.7. The van der Waals surface area contributed by atoms with Crippen molar-refractivity contribution in [1.29, 1.82) is 0 Å². The maximum Gasteiger partial charge on any atom is 0.155 e. The number of hydrogen-bond donors (Lipinski definition) is 2. The summed E-state index contributed by atoms with van der Waals surface area (Å²) in [5.41, 5.74) is 12.8. The Hall–Kier alpha value is -4.58. The molecule has 0 saturated carbocycles. The van der Waals surface area contributed by atoms with E-state index in [1.807, 2.05) is 18.2 Å². The van der Waals surface area contributed by atoms with Crippen LogP contribution in [-0.4, -0.2) is 31.7 Å². The summed E-state index contributed by atoms with van der Waals surface area (Å²) in [4.78, 5) is 29.6. The number of rotatable bonds is 6. The van der Waals surface area contributed by atoms with Crippen LogP contribution in [0.5, 0.6) is 0 Å². The van der Waals surface area contributed by atoms with Crippen molar-refractivity contribution in [3.05, 3.63) is 155 Å². The summed E-state index contributed by atoms with van der Waals surface area (Å²) >= 11 is 0. The number of ketones is 2. The second kappa shape index (κ2) is 24.4. The summed E-state index contributed by atoms with van der Waals surface area (Å²) < 4.78 is 0. The van der Waals surface area contributed by atoms with Gasteiger partial charge in [-0.05, 0) is 87.3 Å². The van der Waals surface area contributed by atoms with Crippen molar-refractivity contribution >= 4 is 33.4 Å². The van der Waals surface area contributed by atoms with E-state index in [4.69, 9.17) is 20.2 Å². The molecule has 0 fully saturated rings. The van der Waals surface area contributed by atoms with Gasteiger partial charge in [0, 0.05) is 57.7 Å². The van der Waals surface area contributed by atoms with Gasteiger partial charge in [-0.2, -0.15) is 0 Å². The number of aryl methyl sites for hydroxylation is 4. The zero-order valence-electron chi connectivity index (χ0n) is 35.5. The van der Waals surface area contributed by atoms with Crippen LogP contribution >= 0.6 is 0 Å². The zero-order valence-corrected chi connectivity index (χ0v) is 40.3. The number of para-hydroxylation sites is 2. The number of allylic oxidation sites excluding steroid dienone is 4. The standard InChI is InChI=1S/C21H22N.C19H18N.2C5H8O2.2Ir/c1-14-10-16(13-17(11-14)21(3,4)5)20-12-15(2)18-8-6-7-9-19(18)22-20;1-3-14-11-15(4-2)13-17(12-14)19-10-9-16-7-5-6-8-18(16)20-19;2*1-4(6)3-5(2)7;;/h6-9,11-13H,1-5H3;5-12H,3-4H2,1-2H3;2*3,6H,1-2H3;;/q2*-1;;;;. The van der Waals surface area contributed by atoms with E-state index in [9.17, 15) is 9.59 Å². The van der Waals surface area contributed by atoms with Gasteiger partial charge in [0.05, 0.1) is 22.6 Å². The van der Waals surface area contributed by atoms with Crippen LogP contribution in [0.3, 0.4) is 0 Å². The van der Waals surface area contributed by atoms with Gasteiger partial charge in [-0.15, -0.1) is 69.8 Å². The molecule has 0 aliphatic rings. The normalized spacial score (nSPS) is 11.0. The van der Waals surface area contributed by atoms with Crippen molar-refractivity contribution in [2.75, 3.05) is 0 Å². The van der Waals surface area contributed by atoms with Gasteiger partial charge in [0.1, 0.15) is 0 Å². The molecular formula is C50H56Ir2N2O4-2. The molecule has 0 atom stereocenters. The van der Waals surface area contributed by atoms with E-state index in [0.717, 1.165) is 52.0 Å². The zero-order chi connectivity index (χ0) is 41.6.